The van der Waals surface area contributed by atoms with Gasteiger partial charge in [-0.2, -0.15) is 0 Å². The Morgan fingerprint density at radius 1 is 1.31 bits per heavy atom. The van der Waals surface area contributed by atoms with Crippen molar-refractivity contribution in [1.82, 2.24) is 5.32 Å². The van der Waals surface area contributed by atoms with Crippen LogP contribution in [-0.4, -0.2) is 26.8 Å². The molecule has 1 heterocycles. The van der Waals surface area contributed by atoms with Gasteiger partial charge in [-0.25, -0.2) is 17.2 Å². The first-order valence-corrected chi connectivity index (χ1v) is 6.46. The minimum Gasteiger partial charge on any atom is -0.315 e. The van der Waals surface area contributed by atoms with Crippen molar-refractivity contribution in [2.45, 2.75) is 16.6 Å². The monoisotopic (exact) mass is 247 g/mol. The molecule has 0 spiro atoms. The Labute approximate surface area is 92.4 Å². The maximum absolute atomic E-state index is 13.4. The van der Waals surface area contributed by atoms with Gasteiger partial charge in [0.1, 0.15) is 16.5 Å². The van der Waals surface area contributed by atoms with Crippen molar-refractivity contribution in [1.29, 1.82) is 0 Å². The van der Waals surface area contributed by atoms with Gasteiger partial charge in [-0.3, -0.25) is 0 Å². The van der Waals surface area contributed by atoms with Crippen molar-refractivity contribution in [3.8, 4) is 0 Å². The summed E-state index contributed by atoms with van der Waals surface area (Å²) in [4.78, 5) is -0.414. The van der Waals surface area contributed by atoms with E-state index >= 15 is 0 Å². The van der Waals surface area contributed by atoms with Gasteiger partial charge in [0.2, 0.25) is 0 Å². The smallest absolute Gasteiger partial charge is 0.185 e. The highest BCUT2D eigenvalue weighted by atomic mass is 32.2. The Morgan fingerprint density at radius 3 is 2.62 bits per heavy atom. The standard InChI is InChI=1S/C10H11F2NO2S/c11-7-1-2-10(9(12)5-7)16(14,15)8-3-4-13-6-8/h1-2,5,8,13H,3-4,6H2. The number of benzene rings is 1. The Kier molecular flexibility index (Phi) is 2.94. The molecule has 0 amide bonds. The second-order valence-corrected chi connectivity index (χ2v) is 5.93. The molecule has 0 bridgehead atoms. The quantitative estimate of drug-likeness (QED) is 0.796. The molecular formula is C10H11F2NO2S. The molecule has 1 saturated heterocycles. The number of sulfone groups is 1. The summed E-state index contributed by atoms with van der Waals surface area (Å²) in [5.74, 6) is -1.80. The molecule has 0 saturated carbocycles. The fourth-order valence-electron chi connectivity index (χ4n) is 1.78. The molecule has 2 rings (SSSR count). The van der Waals surface area contributed by atoms with E-state index in [-0.39, 0.29) is 0 Å². The molecule has 1 atom stereocenters. The molecule has 0 radical (unpaired) electrons. The molecular weight excluding hydrogens is 236 g/mol. The van der Waals surface area contributed by atoms with E-state index in [1.165, 1.54) is 0 Å². The number of hydrogen-bond donors (Lipinski definition) is 1. The minimum atomic E-state index is -3.69. The number of rotatable bonds is 2. The first-order chi connectivity index (χ1) is 7.51. The first-order valence-electron chi connectivity index (χ1n) is 4.91. The molecule has 3 nitrogen and oxygen atoms in total. The van der Waals surface area contributed by atoms with Crippen LogP contribution in [0.4, 0.5) is 8.78 Å². The molecule has 88 valence electrons. The van der Waals surface area contributed by atoms with E-state index in [1.54, 1.807) is 0 Å². The normalized spacial score (nSPS) is 21.2. The van der Waals surface area contributed by atoms with E-state index < -0.39 is 31.6 Å². The molecule has 1 aromatic rings. The van der Waals surface area contributed by atoms with Crippen molar-refractivity contribution in [2.24, 2.45) is 0 Å². The number of nitrogens with one attached hydrogen (secondary N) is 1. The third-order valence-electron chi connectivity index (χ3n) is 2.65. The van der Waals surface area contributed by atoms with E-state index in [0.717, 1.165) is 12.1 Å². The summed E-state index contributed by atoms with van der Waals surface area (Å²) in [6, 6.07) is 2.53. The number of halogens is 2. The van der Waals surface area contributed by atoms with Gasteiger partial charge in [0.15, 0.2) is 9.84 Å². The fourth-order valence-corrected chi connectivity index (χ4v) is 3.49. The Bertz CT molecular complexity index is 496. The van der Waals surface area contributed by atoms with Gasteiger partial charge < -0.3 is 5.32 Å². The van der Waals surface area contributed by atoms with E-state index in [0.29, 0.717) is 25.6 Å². The van der Waals surface area contributed by atoms with Crippen molar-refractivity contribution < 1.29 is 17.2 Å². The summed E-state index contributed by atoms with van der Waals surface area (Å²) in [6.07, 6.45) is 0.457. The molecule has 16 heavy (non-hydrogen) atoms. The molecule has 0 aromatic heterocycles. The highest BCUT2D eigenvalue weighted by molar-refractivity contribution is 7.92. The first kappa shape index (κ1) is 11.5. The zero-order valence-electron chi connectivity index (χ0n) is 8.41. The van der Waals surface area contributed by atoms with Crippen LogP contribution in [0.15, 0.2) is 23.1 Å². The van der Waals surface area contributed by atoms with Gasteiger partial charge in [0, 0.05) is 12.6 Å². The second-order valence-electron chi connectivity index (χ2n) is 3.73. The van der Waals surface area contributed by atoms with Crippen molar-refractivity contribution >= 4 is 9.84 Å². The van der Waals surface area contributed by atoms with Crippen LogP contribution in [0.5, 0.6) is 0 Å². The van der Waals surface area contributed by atoms with Crippen LogP contribution in [0.3, 0.4) is 0 Å². The lowest BCUT2D eigenvalue weighted by atomic mass is 10.3. The van der Waals surface area contributed by atoms with Crippen molar-refractivity contribution in [2.75, 3.05) is 13.1 Å². The maximum atomic E-state index is 13.4. The Hall–Kier alpha value is -1.01. The molecule has 1 aliphatic rings. The summed E-state index contributed by atoms with van der Waals surface area (Å²) < 4.78 is 50.0. The molecule has 0 aliphatic carbocycles. The van der Waals surface area contributed by atoms with E-state index in [2.05, 4.69) is 5.32 Å². The summed E-state index contributed by atoms with van der Waals surface area (Å²) in [5.41, 5.74) is 0. The van der Waals surface area contributed by atoms with Crippen LogP contribution in [0.25, 0.3) is 0 Å². The lowest BCUT2D eigenvalue weighted by Gasteiger charge is -2.11. The number of hydrogen-bond acceptors (Lipinski definition) is 3. The maximum Gasteiger partial charge on any atom is 0.185 e. The third kappa shape index (κ3) is 1.94. The molecule has 1 N–H and O–H groups in total. The van der Waals surface area contributed by atoms with E-state index in [4.69, 9.17) is 0 Å². The lowest BCUT2D eigenvalue weighted by Crippen LogP contribution is -2.24. The summed E-state index contributed by atoms with van der Waals surface area (Å²) >= 11 is 0. The minimum absolute atomic E-state index is 0.319. The van der Waals surface area contributed by atoms with Crippen molar-refractivity contribution in [3.05, 3.63) is 29.8 Å². The summed E-state index contributed by atoms with van der Waals surface area (Å²) in [7, 11) is -3.69. The van der Waals surface area contributed by atoms with Crippen LogP contribution >= 0.6 is 0 Å². The predicted molar refractivity (Wildman–Crippen MR) is 54.8 cm³/mol. The highest BCUT2D eigenvalue weighted by Gasteiger charge is 2.32. The molecule has 1 aromatic carbocycles. The summed E-state index contributed by atoms with van der Waals surface area (Å²) in [6.45, 7) is 0.922. The average molecular weight is 247 g/mol. The lowest BCUT2D eigenvalue weighted by molar-refractivity contribution is 0.544. The SMILES string of the molecule is O=S(=O)(c1ccc(F)cc1F)C1CCNC1. The zero-order chi connectivity index (χ0) is 11.8. The van der Waals surface area contributed by atoms with Gasteiger partial charge in [-0.05, 0) is 25.1 Å². The predicted octanol–water partition coefficient (Wildman–Crippen LogP) is 1.10. The van der Waals surface area contributed by atoms with Gasteiger partial charge >= 0.3 is 0 Å². The molecule has 6 heteroatoms. The second kappa shape index (κ2) is 4.10. The van der Waals surface area contributed by atoms with Crippen LogP contribution < -0.4 is 5.32 Å². The average Bonchev–Trinajstić information content (AvgIpc) is 2.69. The molecule has 1 aliphatic heterocycles. The van der Waals surface area contributed by atoms with Crippen LogP contribution in [0, 0.1) is 11.6 Å². The van der Waals surface area contributed by atoms with E-state index in [1.807, 2.05) is 0 Å². The van der Waals surface area contributed by atoms with Crippen LogP contribution in [0.2, 0.25) is 0 Å². The van der Waals surface area contributed by atoms with Gasteiger partial charge in [0.25, 0.3) is 0 Å². The van der Waals surface area contributed by atoms with Gasteiger partial charge in [0.05, 0.1) is 5.25 Å². The fraction of sp³-hybridized carbons (Fsp3) is 0.400. The highest BCUT2D eigenvalue weighted by Crippen LogP contribution is 2.23. The molecule has 1 unspecified atom stereocenters. The zero-order valence-corrected chi connectivity index (χ0v) is 9.23. The van der Waals surface area contributed by atoms with Crippen molar-refractivity contribution in [3.63, 3.8) is 0 Å². The van der Waals surface area contributed by atoms with Crippen LogP contribution in [0.1, 0.15) is 6.42 Å². The summed E-state index contributed by atoms with van der Waals surface area (Å²) in [5, 5.41) is 2.29. The third-order valence-corrected chi connectivity index (χ3v) is 4.88. The van der Waals surface area contributed by atoms with Crippen LogP contribution in [-0.2, 0) is 9.84 Å². The Balaban J connectivity index is 2.42. The topological polar surface area (TPSA) is 46.2 Å². The van der Waals surface area contributed by atoms with E-state index in [9.17, 15) is 17.2 Å². The van der Waals surface area contributed by atoms with Gasteiger partial charge in [-0.15, -0.1) is 0 Å². The largest absolute Gasteiger partial charge is 0.315 e. The molecule has 1 fully saturated rings. The Morgan fingerprint density at radius 2 is 2.06 bits per heavy atom. The van der Waals surface area contributed by atoms with Gasteiger partial charge in [-0.1, -0.05) is 0 Å².